The van der Waals surface area contributed by atoms with Crippen molar-refractivity contribution in [1.82, 2.24) is 9.38 Å². The number of ether oxygens (including phenoxy) is 1. The number of halogens is 1. The smallest absolute Gasteiger partial charge is 0.275 e. The van der Waals surface area contributed by atoms with Crippen molar-refractivity contribution in [2.24, 2.45) is 0 Å². The maximum absolute atomic E-state index is 12.4. The van der Waals surface area contributed by atoms with Gasteiger partial charge in [-0.1, -0.05) is 17.7 Å². The molecule has 0 saturated carbocycles. The number of imidazole rings is 1. The molecule has 2 aromatic heterocycles. The lowest BCUT2D eigenvalue weighted by atomic mass is 10.2. The molecule has 0 aliphatic carbocycles. The van der Waals surface area contributed by atoms with E-state index in [1.54, 1.807) is 24.4 Å². The normalized spacial score (nSPS) is 10.7. The Labute approximate surface area is 154 Å². The molecular weight excluding hydrogens is 356 g/mol. The number of hydrogen-bond acceptors (Lipinski definition) is 4. The summed E-state index contributed by atoms with van der Waals surface area (Å²) in [4.78, 5) is 28.3. The molecule has 0 atom stereocenters. The summed E-state index contributed by atoms with van der Waals surface area (Å²) in [6.45, 7) is 1.87. The molecule has 8 heteroatoms. The minimum absolute atomic E-state index is 0.0673. The molecule has 2 amide bonds. The fraction of sp³-hybridized carbons (Fsp3) is 0.167. The van der Waals surface area contributed by atoms with Crippen LogP contribution in [0.25, 0.3) is 5.65 Å². The average molecular weight is 373 g/mol. The molecule has 0 aliphatic heterocycles. The number of fused-ring (bicyclic) bond motifs is 1. The number of aryl methyl sites for hydroxylation is 1. The Hall–Kier alpha value is -2.90. The number of methoxy groups -OCH3 is 1. The minimum Gasteiger partial charge on any atom is -0.375 e. The summed E-state index contributed by atoms with van der Waals surface area (Å²) in [7, 11) is 1.43. The highest BCUT2D eigenvalue weighted by Crippen LogP contribution is 2.26. The largest absolute Gasteiger partial charge is 0.375 e. The van der Waals surface area contributed by atoms with E-state index < -0.39 is 0 Å². The molecule has 134 valence electrons. The van der Waals surface area contributed by atoms with Crippen LogP contribution < -0.4 is 10.6 Å². The first-order chi connectivity index (χ1) is 12.5. The van der Waals surface area contributed by atoms with Crippen molar-refractivity contribution in [1.29, 1.82) is 0 Å². The first kappa shape index (κ1) is 17.9. The van der Waals surface area contributed by atoms with Crippen LogP contribution in [0.4, 0.5) is 11.4 Å². The van der Waals surface area contributed by atoms with Gasteiger partial charge in [0.2, 0.25) is 5.91 Å². The van der Waals surface area contributed by atoms with Gasteiger partial charge in [0.05, 0.1) is 10.7 Å². The number of hydrogen-bond donors (Lipinski definition) is 2. The van der Waals surface area contributed by atoms with Gasteiger partial charge in [0.15, 0.2) is 0 Å². The van der Waals surface area contributed by atoms with E-state index in [9.17, 15) is 9.59 Å². The van der Waals surface area contributed by atoms with E-state index in [2.05, 4.69) is 15.6 Å². The van der Waals surface area contributed by atoms with Gasteiger partial charge >= 0.3 is 0 Å². The third-order valence-corrected chi connectivity index (χ3v) is 4.02. The highest BCUT2D eigenvalue weighted by atomic mass is 35.5. The zero-order valence-electron chi connectivity index (χ0n) is 14.2. The lowest BCUT2D eigenvalue weighted by Gasteiger charge is -2.09. The summed E-state index contributed by atoms with van der Waals surface area (Å²) < 4.78 is 6.60. The predicted molar refractivity (Wildman–Crippen MR) is 99.8 cm³/mol. The molecule has 3 aromatic rings. The maximum atomic E-state index is 12.4. The number of anilines is 2. The van der Waals surface area contributed by atoms with Gasteiger partial charge in [0, 0.05) is 24.7 Å². The van der Waals surface area contributed by atoms with E-state index in [1.807, 2.05) is 29.5 Å². The SMILES string of the molecule is COCC(=O)Nc1ccc(NC(=O)c2cn3c(C)cccc3n2)cc1Cl. The van der Waals surface area contributed by atoms with Crippen molar-refractivity contribution in [2.75, 3.05) is 24.4 Å². The highest BCUT2D eigenvalue weighted by Gasteiger charge is 2.13. The van der Waals surface area contributed by atoms with Crippen molar-refractivity contribution < 1.29 is 14.3 Å². The number of nitrogens with zero attached hydrogens (tertiary/aromatic N) is 2. The molecule has 0 fully saturated rings. The zero-order valence-corrected chi connectivity index (χ0v) is 15.0. The third-order valence-electron chi connectivity index (χ3n) is 3.71. The molecule has 2 heterocycles. The molecule has 0 radical (unpaired) electrons. The second-order valence-electron chi connectivity index (χ2n) is 5.65. The van der Waals surface area contributed by atoms with Crippen LogP contribution in [0.2, 0.25) is 5.02 Å². The Morgan fingerprint density at radius 1 is 1.23 bits per heavy atom. The summed E-state index contributed by atoms with van der Waals surface area (Å²) in [5.74, 6) is -0.661. The van der Waals surface area contributed by atoms with E-state index in [-0.39, 0.29) is 18.4 Å². The summed E-state index contributed by atoms with van der Waals surface area (Å²) >= 11 is 6.16. The molecule has 2 N–H and O–H groups in total. The van der Waals surface area contributed by atoms with Gasteiger partial charge in [-0.05, 0) is 37.3 Å². The molecule has 1 aromatic carbocycles. The van der Waals surface area contributed by atoms with Crippen molar-refractivity contribution in [3.8, 4) is 0 Å². The van der Waals surface area contributed by atoms with E-state index in [0.29, 0.717) is 27.7 Å². The van der Waals surface area contributed by atoms with Crippen molar-refractivity contribution in [2.45, 2.75) is 6.92 Å². The average Bonchev–Trinajstić information content (AvgIpc) is 3.03. The molecule has 3 rings (SSSR count). The molecule has 7 nitrogen and oxygen atoms in total. The van der Waals surface area contributed by atoms with E-state index >= 15 is 0 Å². The Morgan fingerprint density at radius 2 is 2.04 bits per heavy atom. The van der Waals surface area contributed by atoms with Gasteiger partial charge < -0.3 is 19.8 Å². The van der Waals surface area contributed by atoms with Gasteiger partial charge in [-0.15, -0.1) is 0 Å². The van der Waals surface area contributed by atoms with Gasteiger partial charge in [-0.25, -0.2) is 4.98 Å². The third kappa shape index (κ3) is 3.84. The molecule has 0 spiro atoms. The molecule has 0 bridgehead atoms. The van der Waals surface area contributed by atoms with Crippen LogP contribution in [-0.2, 0) is 9.53 Å². The Kier molecular flexibility index (Phi) is 5.20. The van der Waals surface area contributed by atoms with Crippen LogP contribution in [0.5, 0.6) is 0 Å². The van der Waals surface area contributed by atoms with Crippen molar-refractivity contribution in [3.05, 3.63) is 59.0 Å². The van der Waals surface area contributed by atoms with Gasteiger partial charge in [0.1, 0.15) is 17.9 Å². The molecule has 0 unspecified atom stereocenters. The Morgan fingerprint density at radius 3 is 2.73 bits per heavy atom. The first-order valence-electron chi connectivity index (χ1n) is 7.82. The standard InChI is InChI=1S/C18H17ClN4O3/c1-11-4-3-5-16-21-15(9-23(11)16)18(25)20-12-6-7-14(13(19)8-12)22-17(24)10-26-2/h3-9H,10H2,1-2H3,(H,20,25)(H,22,24). The van der Waals surface area contributed by atoms with Gasteiger partial charge in [0.25, 0.3) is 5.91 Å². The lowest BCUT2D eigenvalue weighted by molar-refractivity contribution is -0.119. The fourth-order valence-electron chi connectivity index (χ4n) is 2.46. The molecule has 26 heavy (non-hydrogen) atoms. The summed E-state index contributed by atoms with van der Waals surface area (Å²) in [5, 5.41) is 5.68. The quantitative estimate of drug-likeness (QED) is 0.720. The summed E-state index contributed by atoms with van der Waals surface area (Å²) in [6.07, 6.45) is 1.68. The number of rotatable bonds is 5. The summed E-state index contributed by atoms with van der Waals surface area (Å²) in [5.41, 5.74) is 2.92. The van der Waals surface area contributed by atoms with Crippen LogP contribution in [0.3, 0.4) is 0 Å². The molecular formula is C18H17ClN4O3. The van der Waals surface area contributed by atoms with Gasteiger partial charge in [-0.2, -0.15) is 0 Å². The van der Waals surface area contributed by atoms with E-state index in [1.165, 1.54) is 7.11 Å². The number of pyridine rings is 1. The lowest BCUT2D eigenvalue weighted by Crippen LogP contribution is -2.17. The van der Waals surface area contributed by atoms with E-state index in [0.717, 1.165) is 5.69 Å². The number of carbonyl (C=O) groups excluding carboxylic acids is 2. The van der Waals surface area contributed by atoms with Crippen molar-refractivity contribution >= 4 is 40.4 Å². The Bertz CT molecular complexity index is 984. The van der Waals surface area contributed by atoms with Crippen LogP contribution in [0.1, 0.15) is 16.2 Å². The number of nitrogens with one attached hydrogen (secondary N) is 2. The second kappa shape index (κ2) is 7.55. The van der Waals surface area contributed by atoms with Crippen LogP contribution >= 0.6 is 11.6 Å². The molecule has 0 aliphatic rings. The first-order valence-corrected chi connectivity index (χ1v) is 8.20. The number of aromatic nitrogens is 2. The minimum atomic E-state index is -0.347. The van der Waals surface area contributed by atoms with Crippen LogP contribution in [-0.4, -0.2) is 34.9 Å². The molecule has 0 saturated heterocycles. The zero-order chi connectivity index (χ0) is 18.7. The second-order valence-corrected chi connectivity index (χ2v) is 6.06. The van der Waals surface area contributed by atoms with Crippen molar-refractivity contribution in [3.63, 3.8) is 0 Å². The van der Waals surface area contributed by atoms with E-state index in [4.69, 9.17) is 16.3 Å². The van der Waals surface area contributed by atoms with Crippen LogP contribution in [0.15, 0.2) is 42.6 Å². The predicted octanol–water partition coefficient (Wildman–Crippen LogP) is 3.13. The summed E-state index contributed by atoms with van der Waals surface area (Å²) in [6, 6.07) is 10.5. The maximum Gasteiger partial charge on any atom is 0.275 e. The van der Waals surface area contributed by atoms with Crippen LogP contribution in [0, 0.1) is 6.92 Å². The fourth-order valence-corrected chi connectivity index (χ4v) is 2.69. The highest BCUT2D eigenvalue weighted by molar-refractivity contribution is 6.34. The number of carbonyl (C=O) groups is 2. The topological polar surface area (TPSA) is 84.7 Å². The number of benzene rings is 1. The Balaban J connectivity index is 1.75. The monoisotopic (exact) mass is 372 g/mol. The van der Waals surface area contributed by atoms with Gasteiger partial charge in [-0.3, -0.25) is 9.59 Å². The number of amides is 2.